The molecule has 0 spiro atoms. The van der Waals surface area contributed by atoms with Crippen LogP contribution in [0.4, 0.5) is 0 Å². The van der Waals surface area contributed by atoms with Crippen LogP contribution in [-0.4, -0.2) is 25.5 Å². The van der Waals surface area contributed by atoms with Gasteiger partial charge in [-0.1, -0.05) is 37.5 Å². The first-order valence-corrected chi connectivity index (χ1v) is 7.56. The van der Waals surface area contributed by atoms with E-state index < -0.39 is 0 Å². The standard InChI is InChI=1S/C17H25NO3/c1-14-10-7-8-11-15(14)17(20)18-13-9-5-3-4-6-12-16(19)21-2/h7-8,10-11H,3-6,9,12-13H2,1-2H3,(H,18,20). The van der Waals surface area contributed by atoms with Crippen LogP contribution in [0.15, 0.2) is 24.3 Å². The van der Waals surface area contributed by atoms with Gasteiger partial charge in [-0.05, 0) is 31.4 Å². The summed E-state index contributed by atoms with van der Waals surface area (Å²) in [6.07, 6.45) is 5.52. The molecule has 1 aromatic carbocycles. The molecule has 1 aromatic rings. The average molecular weight is 291 g/mol. The number of carbonyl (C=O) groups excluding carboxylic acids is 2. The molecule has 0 aliphatic heterocycles. The molecule has 21 heavy (non-hydrogen) atoms. The minimum atomic E-state index is -0.138. The Morgan fingerprint density at radius 1 is 1.05 bits per heavy atom. The van der Waals surface area contributed by atoms with Crippen molar-refractivity contribution in [2.45, 2.75) is 45.4 Å². The van der Waals surface area contributed by atoms with Crippen molar-refractivity contribution in [2.75, 3.05) is 13.7 Å². The minimum Gasteiger partial charge on any atom is -0.469 e. The van der Waals surface area contributed by atoms with E-state index in [1.807, 2.05) is 31.2 Å². The molecule has 1 N–H and O–H groups in total. The fourth-order valence-electron chi connectivity index (χ4n) is 2.15. The summed E-state index contributed by atoms with van der Waals surface area (Å²) in [7, 11) is 1.42. The Labute approximate surface area is 126 Å². The third-order valence-corrected chi connectivity index (χ3v) is 3.46. The zero-order valence-electron chi connectivity index (χ0n) is 13.0. The summed E-state index contributed by atoms with van der Waals surface area (Å²) in [6, 6.07) is 7.59. The fourth-order valence-corrected chi connectivity index (χ4v) is 2.15. The number of hydrogen-bond acceptors (Lipinski definition) is 3. The molecule has 1 rings (SSSR count). The molecule has 0 heterocycles. The van der Waals surface area contributed by atoms with Crippen molar-refractivity contribution in [3.63, 3.8) is 0 Å². The van der Waals surface area contributed by atoms with Crippen molar-refractivity contribution in [2.24, 2.45) is 0 Å². The number of esters is 1. The molecule has 0 unspecified atom stereocenters. The largest absolute Gasteiger partial charge is 0.469 e. The van der Waals surface area contributed by atoms with E-state index in [2.05, 4.69) is 10.1 Å². The Kier molecular flexibility index (Phi) is 8.17. The van der Waals surface area contributed by atoms with E-state index >= 15 is 0 Å². The molecular formula is C17H25NO3. The molecule has 0 aromatic heterocycles. The van der Waals surface area contributed by atoms with E-state index in [1.165, 1.54) is 7.11 Å². The second-order valence-electron chi connectivity index (χ2n) is 5.16. The predicted molar refractivity (Wildman–Crippen MR) is 83.2 cm³/mol. The van der Waals surface area contributed by atoms with Gasteiger partial charge in [-0.15, -0.1) is 0 Å². The van der Waals surface area contributed by atoms with Crippen LogP contribution in [-0.2, 0) is 9.53 Å². The average Bonchev–Trinajstić information content (AvgIpc) is 2.49. The van der Waals surface area contributed by atoms with Gasteiger partial charge in [0.2, 0.25) is 0 Å². The van der Waals surface area contributed by atoms with E-state index in [0.29, 0.717) is 13.0 Å². The molecule has 0 saturated heterocycles. The van der Waals surface area contributed by atoms with Gasteiger partial charge in [0.1, 0.15) is 0 Å². The van der Waals surface area contributed by atoms with Gasteiger partial charge in [-0.3, -0.25) is 9.59 Å². The molecule has 1 amide bonds. The first-order valence-electron chi connectivity index (χ1n) is 7.56. The topological polar surface area (TPSA) is 55.4 Å². The van der Waals surface area contributed by atoms with Crippen molar-refractivity contribution < 1.29 is 14.3 Å². The zero-order chi connectivity index (χ0) is 15.5. The summed E-state index contributed by atoms with van der Waals surface area (Å²) >= 11 is 0. The second kappa shape index (κ2) is 9.97. The van der Waals surface area contributed by atoms with Gasteiger partial charge >= 0.3 is 5.97 Å². The monoisotopic (exact) mass is 291 g/mol. The first-order chi connectivity index (χ1) is 10.1. The fraction of sp³-hybridized carbons (Fsp3) is 0.529. The molecule has 0 radical (unpaired) electrons. The number of methoxy groups -OCH3 is 1. The van der Waals surface area contributed by atoms with Crippen molar-refractivity contribution >= 4 is 11.9 Å². The summed E-state index contributed by atoms with van der Waals surface area (Å²) in [6.45, 7) is 2.64. The second-order valence-corrected chi connectivity index (χ2v) is 5.16. The number of rotatable bonds is 9. The quantitative estimate of drug-likeness (QED) is 0.561. The van der Waals surface area contributed by atoms with Gasteiger partial charge in [0.15, 0.2) is 0 Å². The highest BCUT2D eigenvalue weighted by molar-refractivity contribution is 5.95. The van der Waals surface area contributed by atoms with Gasteiger partial charge < -0.3 is 10.1 Å². The lowest BCUT2D eigenvalue weighted by Gasteiger charge is -2.07. The Bertz CT molecular complexity index is 457. The number of carbonyl (C=O) groups is 2. The van der Waals surface area contributed by atoms with E-state index in [4.69, 9.17) is 0 Å². The normalized spacial score (nSPS) is 10.2. The SMILES string of the molecule is COC(=O)CCCCCCCNC(=O)c1ccccc1C. The maximum atomic E-state index is 11.9. The summed E-state index contributed by atoms with van der Waals surface area (Å²) in [4.78, 5) is 22.9. The lowest BCUT2D eigenvalue weighted by molar-refractivity contribution is -0.140. The third kappa shape index (κ3) is 6.93. The molecule has 116 valence electrons. The summed E-state index contributed by atoms with van der Waals surface area (Å²) in [5.74, 6) is -0.140. The summed E-state index contributed by atoms with van der Waals surface area (Å²) in [5, 5.41) is 2.94. The van der Waals surface area contributed by atoms with E-state index in [0.717, 1.165) is 43.2 Å². The van der Waals surface area contributed by atoms with Gasteiger partial charge in [0.25, 0.3) is 5.91 Å². The maximum Gasteiger partial charge on any atom is 0.305 e. The first kappa shape index (κ1) is 17.2. The molecule has 0 atom stereocenters. The van der Waals surface area contributed by atoms with Crippen LogP contribution in [0.3, 0.4) is 0 Å². The van der Waals surface area contributed by atoms with Gasteiger partial charge in [0, 0.05) is 18.5 Å². The van der Waals surface area contributed by atoms with Crippen LogP contribution in [0.5, 0.6) is 0 Å². The smallest absolute Gasteiger partial charge is 0.305 e. The molecule has 0 aliphatic carbocycles. The van der Waals surface area contributed by atoms with Crippen molar-refractivity contribution in [1.29, 1.82) is 0 Å². The Balaban J connectivity index is 2.06. The number of hydrogen-bond donors (Lipinski definition) is 1. The lowest BCUT2D eigenvalue weighted by Crippen LogP contribution is -2.25. The Morgan fingerprint density at radius 3 is 2.43 bits per heavy atom. The van der Waals surface area contributed by atoms with E-state index in [9.17, 15) is 9.59 Å². The number of nitrogens with one attached hydrogen (secondary N) is 1. The van der Waals surface area contributed by atoms with Gasteiger partial charge in [0.05, 0.1) is 7.11 Å². The number of ether oxygens (including phenoxy) is 1. The van der Waals surface area contributed by atoms with Crippen molar-refractivity contribution in [1.82, 2.24) is 5.32 Å². The molecule has 0 fully saturated rings. The number of unbranched alkanes of at least 4 members (excludes halogenated alkanes) is 4. The van der Waals surface area contributed by atoms with Crippen molar-refractivity contribution in [3.05, 3.63) is 35.4 Å². The third-order valence-electron chi connectivity index (χ3n) is 3.46. The summed E-state index contributed by atoms with van der Waals surface area (Å²) < 4.78 is 4.59. The highest BCUT2D eigenvalue weighted by Gasteiger charge is 2.06. The van der Waals surface area contributed by atoms with Crippen LogP contribution in [0, 0.1) is 6.92 Å². The molecule has 0 bridgehead atoms. The lowest BCUT2D eigenvalue weighted by atomic mass is 10.1. The van der Waals surface area contributed by atoms with Crippen LogP contribution < -0.4 is 5.32 Å². The van der Waals surface area contributed by atoms with Crippen LogP contribution in [0.25, 0.3) is 0 Å². The van der Waals surface area contributed by atoms with Crippen LogP contribution >= 0.6 is 0 Å². The van der Waals surface area contributed by atoms with Crippen molar-refractivity contribution in [3.8, 4) is 0 Å². The van der Waals surface area contributed by atoms with Crippen LogP contribution in [0.1, 0.15) is 54.4 Å². The molecular weight excluding hydrogens is 266 g/mol. The minimum absolute atomic E-state index is 0.00112. The molecule has 0 aliphatic rings. The number of amides is 1. The highest BCUT2D eigenvalue weighted by atomic mass is 16.5. The predicted octanol–water partition coefficient (Wildman–Crippen LogP) is 3.24. The Hall–Kier alpha value is -1.84. The van der Waals surface area contributed by atoms with E-state index in [-0.39, 0.29) is 11.9 Å². The Morgan fingerprint density at radius 2 is 1.71 bits per heavy atom. The molecule has 0 saturated carbocycles. The summed E-state index contributed by atoms with van der Waals surface area (Å²) in [5.41, 5.74) is 1.74. The highest BCUT2D eigenvalue weighted by Crippen LogP contribution is 2.08. The number of aryl methyl sites for hydroxylation is 1. The van der Waals surface area contributed by atoms with Gasteiger partial charge in [-0.25, -0.2) is 0 Å². The molecule has 4 heteroatoms. The van der Waals surface area contributed by atoms with E-state index in [1.54, 1.807) is 0 Å². The van der Waals surface area contributed by atoms with Gasteiger partial charge in [-0.2, -0.15) is 0 Å². The molecule has 4 nitrogen and oxygen atoms in total. The number of benzene rings is 1. The zero-order valence-corrected chi connectivity index (χ0v) is 13.0. The van der Waals surface area contributed by atoms with Crippen LogP contribution in [0.2, 0.25) is 0 Å². The maximum absolute atomic E-state index is 11.9.